The van der Waals surface area contributed by atoms with Gasteiger partial charge in [-0.3, -0.25) is 13.6 Å². The summed E-state index contributed by atoms with van der Waals surface area (Å²) in [5.41, 5.74) is 8.86. The molecule has 7 rings (SSSR count). The number of aromatic nitrogens is 6. The lowest BCUT2D eigenvalue weighted by Crippen LogP contribution is -2.41. The molecule has 9 atom stereocenters. The van der Waals surface area contributed by atoms with Gasteiger partial charge in [0.25, 0.3) is 0 Å². The Hall–Kier alpha value is -5.08. The third-order valence-electron chi connectivity index (χ3n) is 14.3. The van der Waals surface area contributed by atoms with Gasteiger partial charge >= 0.3 is 7.82 Å². The van der Waals surface area contributed by atoms with Gasteiger partial charge in [0.15, 0.2) is 11.6 Å². The minimum absolute atomic E-state index is 0.00775. The topological polar surface area (TPSA) is 332 Å². The van der Waals surface area contributed by atoms with E-state index in [9.17, 15) is 35.5 Å². The van der Waals surface area contributed by atoms with Crippen molar-refractivity contribution >= 4 is 42.1 Å². The third kappa shape index (κ3) is 14.4. The Balaban J connectivity index is 1.01. The van der Waals surface area contributed by atoms with Crippen molar-refractivity contribution in [3.05, 3.63) is 77.1 Å². The molecule has 6 heterocycles. The van der Waals surface area contributed by atoms with Crippen LogP contribution < -0.4 is 16.2 Å². The number of unbranched alkanes of at least 4 members (excludes halogenated alkanes) is 15. The summed E-state index contributed by atoms with van der Waals surface area (Å²) in [6, 6.07) is 14.9. The summed E-state index contributed by atoms with van der Waals surface area (Å²) in [6.07, 6.45) is 10.6. The van der Waals surface area contributed by atoms with Crippen LogP contribution in [0.2, 0.25) is 5.02 Å². The molecule has 25 heteroatoms. The van der Waals surface area contributed by atoms with Crippen LogP contribution in [0.5, 0.6) is 5.75 Å². The molecule has 0 amide bonds. The second-order valence-corrected chi connectivity index (χ2v) is 21.9. The summed E-state index contributed by atoms with van der Waals surface area (Å²) < 4.78 is 65.0. The number of phosphoric acid groups is 1. The Morgan fingerprint density at radius 1 is 0.705 bits per heavy atom. The zero-order valence-electron chi connectivity index (χ0n) is 44.3. The number of phosphoric ester groups is 1. The molecule has 23 nitrogen and oxygen atoms in total. The molecule has 4 aromatic heterocycles. The average molecular weight is 1130 g/mol. The van der Waals surface area contributed by atoms with Crippen LogP contribution in [-0.4, -0.2) is 132 Å². The molecule has 2 saturated heterocycles. The van der Waals surface area contributed by atoms with E-state index in [-0.39, 0.29) is 36.2 Å². The zero-order valence-corrected chi connectivity index (χ0v) is 46.0. The lowest BCUT2D eigenvalue weighted by atomic mass is 9.92. The van der Waals surface area contributed by atoms with Crippen molar-refractivity contribution < 1.29 is 62.2 Å². The highest BCUT2D eigenvalue weighted by molar-refractivity contribution is 7.48. The van der Waals surface area contributed by atoms with Gasteiger partial charge < -0.3 is 55.6 Å². The number of anilines is 2. The molecule has 426 valence electrons. The van der Waals surface area contributed by atoms with Crippen LogP contribution in [0, 0.1) is 22.7 Å². The number of halogens is 1. The highest BCUT2D eigenvalue weighted by Gasteiger charge is 2.59. The normalized spacial score (nSPS) is 23.8. The van der Waals surface area contributed by atoms with E-state index in [1.807, 2.05) is 12.1 Å². The monoisotopic (exact) mass is 1120 g/mol. The van der Waals surface area contributed by atoms with Crippen molar-refractivity contribution in [1.82, 2.24) is 29.2 Å². The molecule has 2 fully saturated rings. The molecule has 0 spiro atoms. The number of aliphatic hydroxyl groups excluding tert-OH is 4. The molecule has 8 N–H and O–H groups in total. The number of rotatable bonds is 34. The van der Waals surface area contributed by atoms with Gasteiger partial charge in [0.1, 0.15) is 84.3 Å². The number of nitrogens with two attached hydrogens (primary N) is 2. The SMILES string of the molecule is CCCCCCCCCCCCCCCCCCOC[C@H](COP(=O)(OC[C@H]1O[C@@](C#N)(c2ccc3c(N)ncnn23)[C@H](O)[C@@H]1O)OC[C@H]1O[C@@](C#N)(c2ccc3c(N)ncnn23)[C@H](O)[C@@H]1O)OCc1ccc(OC)c(Cl)c1. The molecule has 0 aliphatic carbocycles. The predicted octanol–water partition coefficient (Wildman–Crippen LogP) is 7.00. The van der Waals surface area contributed by atoms with E-state index in [1.165, 1.54) is 117 Å². The average Bonchev–Trinajstić information content (AvgIpc) is 4.40. The number of nitriles is 2. The fourth-order valence-electron chi connectivity index (χ4n) is 9.84. The van der Waals surface area contributed by atoms with Crippen molar-refractivity contribution in [2.45, 2.75) is 170 Å². The molecular formula is C53H74ClN10O13P. The minimum atomic E-state index is -4.94. The Bertz CT molecular complexity index is 2700. The highest BCUT2D eigenvalue weighted by Crippen LogP contribution is 2.52. The first-order valence-corrected chi connectivity index (χ1v) is 28.7. The molecular weight excluding hydrogens is 1050 g/mol. The van der Waals surface area contributed by atoms with Gasteiger partial charge in [-0.05, 0) is 48.4 Å². The number of fused-ring (bicyclic) bond motifs is 2. The number of nitrogens with zero attached hydrogens (tertiary/aromatic N) is 8. The van der Waals surface area contributed by atoms with E-state index in [0.717, 1.165) is 38.3 Å². The Kier molecular flexibility index (Phi) is 22.4. The van der Waals surface area contributed by atoms with Crippen molar-refractivity contribution in [3.8, 4) is 17.9 Å². The number of aliphatic hydroxyl groups is 4. The molecule has 0 radical (unpaired) electrons. The fourth-order valence-corrected chi connectivity index (χ4v) is 11.4. The third-order valence-corrected chi connectivity index (χ3v) is 16.0. The second kappa shape index (κ2) is 28.9. The largest absolute Gasteiger partial charge is 0.495 e. The van der Waals surface area contributed by atoms with Crippen molar-refractivity contribution in [2.24, 2.45) is 0 Å². The summed E-state index contributed by atoms with van der Waals surface area (Å²) in [5, 5.41) is 75.4. The van der Waals surface area contributed by atoms with Crippen LogP contribution in [0.3, 0.4) is 0 Å². The van der Waals surface area contributed by atoms with Crippen molar-refractivity contribution in [2.75, 3.05) is 51.6 Å². The zero-order chi connectivity index (χ0) is 55.7. The highest BCUT2D eigenvalue weighted by atomic mass is 35.5. The van der Waals surface area contributed by atoms with Crippen molar-refractivity contribution in [3.63, 3.8) is 0 Å². The number of benzene rings is 1. The number of hydrogen-bond donors (Lipinski definition) is 6. The quantitative estimate of drug-likeness (QED) is 0.0178. The number of nitrogen functional groups attached to an aromatic ring is 2. The molecule has 2 aliphatic rings. The van der Waals surface area contributed by atoms with Gasteiger partial charge in [-0.1, -0.05) is 121 Å². The first-order chi connectivity index (χ1) is 37.7. The predicted molar refractivity (Wildman–Crippen MR) is 286 cm³/mol. The lowest BCUT2D eigenvalue weighted by Gasteiger charge is -2.26. The maximum atomic E-state index is 15.0. The molecule has 0 unspecified atom stereocenters. The van der Waals surface area contributed by atoms with E-state index in [0.29, 0.717) is 34.0 Å². The van der Waals surface area contributed by atoms with E-state index in [1.54, 1.807) is 18.2 Å². The molecule has 1 aromatic carbocycles. The van der Waals surface area contributed by atoms with Crippen molar-refractivity contribution in [1.29, 1.82) is 10.5 Å². The fraction of sp³-hybridized carbons (Fsp3) is 0.623. The lowest BCUT2D eigenvalue weighted by molar-refractivity contribution is -0.0802. The smallest absolute Gasteiger partial charge is 0.475 e. The summed E-state index contributed by atoms with van der Waals surface area (Å²) in [7, 11) is -3.45. The van der Waals surface area contributed by atoms with Gasteiger partial charge in [-0.25, -0.2) is 23.6 Å². The minimum Gasteiger partial charge on any atom is -0.495 e. The van der Waals surface area contributed by atoms with E-state index in [4.69, 9.17) is 60.3 Å². The van der Waals surface area contributed by atoms with Crippen LogP contribution in [0.1, 0.15) is 127 Å². The first kappa shape index (κ1) is 60.6. The van der Waals surface area contributed by atoms with Crippen LogP contribution in [-0.2, 0) is 54.9 Å². The van der Waals surface area contributed by atoms with E-state index in [2.05, 4.69) is 27.1 Å². The summed E-state index contributed by atoms with van der Waals surface area (Å²) in [5.74, 6) is 0.611. The molecule has 0 bridgehead atoms. The van der Waals surface area contributed by atoms with Gasteiger partial charge in [0.2, 0.25) is 11.2 Å². The first-order valence-electron chi connectivity index (χ1n) is 26.9. The summed E-state index contributed by atoms with van der Waals surface area (Å²) in [6.45, 7) is 0.549. The standard InChI is InChI=1S/C53H74ClN10O13P/c1-3-4-5-6-7-8-9-10-11-12-13-14-15-16-17-18-25-71-28-37(72-27-36-19-22-41(70-2)38(54)26-36)29-73-78(69,74-30-42-46(65)48(67)52(32-55,76-42)44-23-20-39-50(57)59-34-61-63(39)44)75-31-43-47(66)49(68)53(33-56,77-43)45-24-21-40-51(58)60-35-62-64(40)45/h19-24,26,34-35,37,42-43,46-49,65-68H,3-18,25,27-31H2,1-2H3,(H2,57,59,61)(H2,58,60,62)/t37-,42-,43-,46-,47-,48-,49-,52+,53+/m1/s1. The van der Waals surface area contributed by atoms with Crippen LogP contribution in [0.15, 0.2) is 55.1 Å². The number of methoxy groups -OCH3 is 1. The summed E-state index contributed by atoms with van der Waals surface area (Å²) in [4.78, 5) is 7.92. The van der Waals surface area contributed by atoms with Gasteiger partial charge in [-0.15, -0.1) is 0 Å². The summed E-state index contributed by atoms with van der Waals surface area (Å²) >= 11 is 6.43. The number of ether oxygens (including phenoxy) is 5. The van der Waals surface area contributed by atoms with Gasteiger partial charge in [0.05, 0.1) is 56.6 Å². The van der Waals surface area contributed by atoms with Crippen LogP contribution in [0.25, 0.3) is 11.0 Å². The molecule has 78 heavy (non-hydrogen) atoms. The van der Waals surface area contributed by atoms with Gasteiger partial charge in [0, 0.05) is 6.61 Å². The van der Waals surface area contributed by atoms with Gasteiger partial charge in [-0.2, -0.15) is 20.7 Å². The Morgan fingerprint density at radius 2 is 1.18 bits per heavy atom. The Morgan fingerprint density at radius 3 is 1.63 bits per heavy atom. The second-order valence-electron chi connectivity index (χ2n) is 19.8. The number of hydrogen-bond acceptors (Lipinski definition) is 21. The van der Waals surface area contributed by atoms with Crippen LogP contribution >= 0.6 is 19.4 Å². The molecule has 2 aliphatic heterocycles. The Labute approximate surface area is 459 Å². The maximum Gasteiger partial charge on any atom is 0.475 e. The molecule has 0 saturated carbocycles. The van der Waals surface area contributed by atoms with E-state index < -0.39 is 81.6 Å². The van der Waals surface area contributed by atoms with E-state index >= 15 is 0 Å². The molecule has 5 aromatic rings. The maximum absolute atomic E-state index is 15.0. The van der Waals surface area contributed by atoms with Crippen LogP contribution in [0.4, 0.5) is 11.6 Å².